The molecule has 1 aromatic carbocycles. The lowest BCUT2D eigenvalue weighted by atomic mass is 10.0. The first-order valence-electron chi connectivity index (χ1n) is 4.66. The van der Waals surface area contributed by atoms with Gasteiger partial charge in [-0.25, -0.2) is 0 Å². The van der Waals surface area contributed by atoms with Crippen LogP contribution in [-0.4, -0.2) is 6.54 Å². The highest BCUT2D eigenvalue weighted by Gasteiger charge is 2.03. The first-order chi connectivity index (χ1) is 6.92. The molecule has 0 spiro atoms. The van der Waals surface area contributed by atoms with Crippen molar-refractivity contribution in [1.82, 2.24) is 0 Å². The van der Waals surface area contributed by atoms with E-state index in [0.29, 0.717) is 6.54 Å². The fourth-order valence-corrected chi connectivity index (χ4v) is 2.23. The highest BCUT2D eigenvalue weighted by Crippen LogP contribution is 2.27. The average molecular weight is 202 g/mol. The second-order valence-electron chi connectivity index (χ2n) is 3.11. The molecule has 1 heterocycles. The monoisotopic (exact) mass is 202 g/mol. The van der Waals surface area contributed by atoms with Crippen molar-refractivity contribution in [3.05, 3.63) is 47.3 Å². The third-order valence-corrected chi connectivity index (χ3v) is 3.00. The van der Waals surface area contributed by atoms with Crippen molar-refractivity contribution < 1.29 is 0 Å². The van der Waals surface area contributed by atoms with Crippen molar-refractivity contribution in [2.75, 3.05) is 6.54 Å². The molecule has 1 nitrogen and oxygen atoms in total. The molecule has 0 unspecified atom stereocenters. The standard InChI is InChI=1S/C12H12NS/c13-8-7-10-4-1-2-5-11(10)12-6-3-9-14-12/h1-6H,7-8,13H2. The minimum atomic E-state index is 0.700. The van der Waals surface area contributed by atoms with Crippen LogP contribution in [0.4, 0.5) is 0 Å². The van der Waals surface area contributed by atoms with Gasteiger partial charge in [-0.2, -0.15) is 0 Å². The van der Waals surface area contributed by atoms with E-state index in [1.165, 1.54) is 16.0 Å². The van der Waals surface area contributed by atoms with Crippen LogP contribution >= 0.6 is 11.3 Å². The summed E-state index contributed by atoms with van der Waals surface area (Å²) in [4.78, 5) is 1.27. The molecule has 71 valence electrons. The van der Waals surface area contributed by atoms with Gasteiger partial charge in [-0.05, 0) is 36.2 Å². The Morgan fingerprint density at radius 2 is 2.07 bits per heavy atom. The minimum absolute atomic E-state index is 0.700. The fourth-order valence-electron chi connectivity index (χ4n) is 1.52. The molecule has 1 aromatic heterocycles. The van der Waals surface area contributed by atoms with Gasteiger partial charge in [-0.15, -0.1) is 11.3 Å². The van der Waals surface area contributed by atoms with Gasteiger partial charge in [0, 0.05) is 10.3 Å². The van der Waals surface area contributed by atoms with Crippen molar-refractivity contribution in [3.8, 4) is 10.4 Å². The van der Waals surface area contributed by atoms with Crippen LogP contribution in [-0.2, 0) is 6.42 Å². The molecule has 0 aliphatic carbocycles. The van der Waals surface area contributed by atoms with E-state index >= 15 is 0 Å². The zero-order valence-corrected chi connectivity index (χ0v) is 8.68. The molecule has 2 aromatic rings. The Morgan fingerprint density at radius 3 is 2.79 bits per heavy atom. The smallest absolute Gasteiger partial charge is 0.0449 e. The van der Waals surface area contributed by atoms with Gasteiger partial charge in [0.15, 0.2) is 0 Å². The van der Waals surface area contributed by atoms with Crippen molar-refractivity contribution in [2.24, 2.45) is 5.73 Å². The van der Waals surface area contributed by atoms with Crippen LogP contribution in [0, 0.1) is 5.38 Å². The van der Waals surface area contributed by atoms with E-state index in [1.54, 1.807) is 11.3 Å². The summed E-state index contributed by atoms with van der Waals surface area (Å²) in [5, 5.41) is 3.11. The third-order valence-electron chi connectivity index (χ3n) is 2.17. The van der Waals surface area contributed by atoms with E-state index in [1.807, 2.05) is 6.07 Å². The van der Waals surface area contributed by atoms with E-state index < -0.39 is 0 Å². The summed E-state index contributed by atoms with van der Waals surface area (Å²) in [5.41, 5.74) is 8.20. The lowest BCUT2D eigenvalue weighted by Gasteiger charge is -2.05. The van der Waals surface area contributed by atoms with Crippen molar-refractivity contribution in [2.45, 2.75) is 6.42 Å². The number of rotatable bonds is 3. The molecule has 1 radical (unpaired) electrons. The summed E-state index contributed by atoms with van der Waals surface area (Å²) in [7, 11) is 0. The molecule has 0 aliphatic heterocycles. The predicted octanol–water partition coefficient (Wildman–Crippen LogP) is 2.72. The van der Waals surface area contributed by atoms with Crippen LogP contribution in [0.3, 0.4) is 0 Å². The lowest BCUT2D eigenvalue weighted by Crippen LogP contribution is -2.03. The summed E-state index contributed by atoms with van der Waals surface area (Å²) < 4.78 is 0. The number of nitrogens with two attached hydrogens (primary N) is 1. The normalized spacial score (nSPS) is 10.4. The average Bonchev–Trinajstić information content (AvgIpc) is 2.72. The van der Waals surface area contributed by atoms with Crippen LogP contribution in [0.5, 0.6) is 0 Å². The number of hydrogen-bond acceptors (Lipinski definition) is 2. The zero-order chi connectivity index (χ0) is 9.80. The SMILES string of the molecule is NCCc1ccccc1-c1cc[c]s1. The Kier molecular flexibility index (Phi) is 2.96. The van der Waals surface area contributed by atoms with E-state index in [2.05, 4.69) is 35.7 Å². The molecule has 0 fully saturated rings. The predicted molar refractivity (Wildman–Crippen MR) is 61.3 cm³/mol. The number of hydrogen-bond donors (Lipinski definition) is 1. The molecule has 0 amide bonds. The highest BCUT2D eigenvalue weighted by atomic mass is 32.1. The number of thiophene rings is 1. The molecule has 0 saturated heterocycles. The van der Waals surface area contributed by atoms with Crippen molar-refractivity contribution >= 4 is 11.3 Å². The third kappa shape index (κ3) is 1.86. The second-order valence-corrected chi connectivity index (χ2v) is 3.99. The van der Waals surface area contributed by atoms with E-state index in [-0.39, 0.29) is 0 Å². The van der Waals surface area contributed by atoms with Gasteiger partial charge in [0.2, 0.25) is 0 Å². The number of benzene rings is 1. The largest absolute Gasteiger partial charge is 0.330 e. The molecule has 2 rings (SSSR count). The molecular formula is C12H12NS. The summed E-state index contributed by atoms with van der Waals surface area (Å²) in [6.45, 7) is 0.700. The van der Waals surface area contributed by atoms with Gasteiger partial charge in [0.05, 0.1) is 0 Å². The molecule has 0 aliphatic rings. The topological polar surface area (TPSA) is 26.0 Å². The lowest BCUT2D eigenvalue weighted by molar-refractivity contribution is 0.971. The molecule has 2 heteroatoms. The molecule has 14 heavy (non-hydrogen) atoms. The Balaban J connectivity index is 2.42. The van der Waals surface area contributed by atoms with E-state index in [9.17, 15) is 0 Å². The van der Waals surface area contributed by atoms with Crippen molar-refractivity contribution in [1.29, 1.82) is 0 Å². The summed E-state index contributed by atoms with van der Waals surface area (Å²) >= 11 is 1.65. The molecule has 0 atom stereocenters. The Labute approximate surface area is 88.2 Å². The fraction of sp³-hybridized carbons (Fsp3) is 0.167. The molecule has 0 bridgehead atoms. The van der Waals surface area contributed by atoms with Crippen molar-refractivity contribution in [3.63, 3.8) is 0 Å². The van der Waals surface area contributed by atoms with Gasteiger partial charge in [0.25, 0.3) is 0 Å². The molecule has 2 N–H and O–H groups in total. The quantitative estimate of drug-likeness (QED) is 0.813. The summed E-state index contributed by atoms with van der Waals surface area (Å²) in [5.74, 6) is 0. The Hall–Kier alpha value is -1.12. The van der Waals surface area contributed by atoms with Crippen LogP contribution in [0.1, 0.15) is 5.56 Å². The van der Waals surface area contributed by atoms with Gasteiger partial charge in [-0.3, -0.25) is 0 Å². The second kappa shape index (κ2) is 4.40. The van der Waals surface area contributed by atoms with Crippen LogP contribution in [0.15, 0.2) is 36.4 Å². The van der Waals surface area contributed by atoms with Gasteiger partial charge in [0.1, 0.15) is 0 Å². The Bertz CT molecular complexity index is 392. The van der Waals surface area contributed by atoms with E-state index in [4.69, 9.17) is 5.73 Å². The summed E-state index contributed by atoms with van der Waals surface area (Å²) in [6.07, 6.45) is 0.939. The molecular weight excluding hydrogens is 190 g/mol. The minimum Gasteiger partial charge on any atom is -0.330 e. The Morgan fingerprint density at radius 1 is 1.21 bits per heavy atom. The zero-order valence-electron chi connectivity index (χ0n) is 7.86. The van der Waals surface area contributed by atoms with Crippen LogP contribution in [0.2, 0.25) is 0 Å². The van der Waals surface area contributed by atoms with Crippen LogP contribution < -0.4 is 5.73 Å². The van der Waals surface area contributed by atoms with Gasteiger partial charge >= 0.3 is 0 Å². The first-order valence-corrected chi connectivity index (χ1v) is 5.47. The molecule has 0 saturated carbocycles. The highest BCUT2D eigenvalue weighted by molar-refractivity contribution is 7.13. The van der Waals surface area contributed by atoms with Gasteiger partial charge < -0.3 is 5.73 Å². The maximum absolute atomic E-state index is 5.58. The first kappa shape index (κ1) is 9.44. The van der Waals surface area contributed by atoms with Crippen LogP contribution in [0.25, 0.3) is 10.4 Å². The van der Waals surface area contributed by atoms with E-state index in [0.717, 1.165) is 6.42 Å². The van der Waals surface area contributed by atoms with Gasteiger partial charge in [-0.1, -0.05) is 24.3 Å². The maximum atomic E-state index is 5.58. The summed E-state index contributed by atoms with van der Waals surface area (Å²) in [6, 6.07) is 12.5. The maximum Gasteiger partial charge on any atom is 0.0449 e.